The number of fused-ring (bicyclic) bond motifs is 1. The zero-order valence-electron chi connectivity index (χ0n) is 9.91. The summed E-state index contributed by atoms with van der Waals surface area (Å²) in [6, 6.07) is 0. The predicted octanol–water partition coefficient (Wildman–Crippen LogP) is -0.669. The maximum Gasteiger partial charge on any atom is 0.165 e. The van der Waals surface area contributed by atoms with Gasteiger partial charge in [0.2, 0.25) is 0 Å². The maximum absolute atomic E-state index is 9.86. The van der Waals surface area contributed by atoms with Crippen LogP contribution >= 0.6 is 0 Å². The number of anilines is 1. The Balaban J connectivity index is 2.22. The van der Waals surface area contributed by atoms with E-state index in [1.165, 1.54) is 6.33 Å². The SMILES string of the molecule is CN(C)CC(O)Cn1cnc2c(N)ncnc21. The molecule has 0 bridgehead atoms. The number of aliphatic hydroxyl groups is 1. The van der Waals surface area contributed by atoms with E-state index in [1.54, 1.807) is 10.9 Å². The summed E-state index contributed by atoms with van der Waals surface area (Å²) in [5.41, 5.74) is 6.91. The second-order valence-electron chi connectivity index (χ2n) is 4.24. The standard InChI is InChI=1S/C10H16N6O/c1-15(2)3-7(17)4-16-6-14-8-9(11)12-5-13-10(8)16/h5-7,17H,3-4H2,1-2H3,(H2,11,12,13). The van der Waals surface area contributed by atoms with Crippen molar-refractivity contribution in [2.75, 3.05) is 26.4 Å². The van der Waals surface area contributed by atoms with Gasteiger partial charge in [0, 0.05) is 6.54 Å². The van der Waals surface area contributed by atoms with Crippen molar-refractivity contribution in [3.63, 3.8) is 0 Å². The van der Waals surface area contributed by atoms with Gasteiger partial charge in [0.25, 0.3) is 0 Å². The third kappa shape index (κ3) is 2.51. The summed E-state index contributed by atoms with van der Waals surface area (Å²) in [4.78, 5) is 14.0. The number of aliphatic hydroxyl groups excluding tert-OH is 1. The molecule has 17 heavy (non-hydrogen) atoms. The first-order valence-corrected chi connectivity index (χ1v) is 5.32. The van der Waals surface area contributed by atoms with Gasteiger partial charge in [-0.2, -0.15) is 0 Å². The molecule has 2 heterocycles. The van der Waals surface area contributed by atoms with Crippen molar-refractivity contribution in [3.05, 3.63) is 12.7 Å². The number of hydrogen-bond acceptors (Lipinski definition) is 6. The maximum atomic E-state index is 9.86. The molecule has 0 aromatic carbocycles. The van der Waals surface area contributed by atoms with Gasteiger partial charge in [-0.3, -0.25) is 0 Å². The fraction of sp³-hybridized carbons (Fsp3) is 0.500. The number of rotatable bonds is 4. The molecule has 0 amide bonds. The number of nitrogen functional groups attached to an aromatic ring is 1. The highest BCUT2D eigenvalue weighted by Gasteiger charge is 2.11. The number of nitrogens with two attached hydrogens (primary N) is 1. The van der Waals surface area contributed by atoms with E-state index in [4.69, 9.17) is 5.73 Å². The molecule has 7 heteroatoms. The Kier molecular flexibility index (Phi) is 3.21. The van der Waals surface area contributed by atoms with Crippen molar-refractivity contribution in [2.45, 2.75) is 12.6 Å². The lowest BCUT2D eigenvalue weighted by Crippen LogP contribution is -2.29. The molecule has 1 atom stereocenters. The highest BCUT2D eigenvalue weighted by atomic mass is 16.3. The molecule has 0 fully saturated rings. The van der Waals surface area contributed by atoms with Gasteiger partial charge < -0.3 is 20.3 Å². The zero-order valence-corrected chi connectivity index (χ0v) is 9.91. The van der Waals surface area contributed by atoms with E-state index in [1.807, 2.05) is 19.0 Å². The quantitative estimate of drug-likeness (QED) is 0.731. The summed E-state index contributed by atoms with van der Waals surface area (Å²) in [6.45, 7) is 1.02. The Labute approximate surface area is 98.9 Å². The summed E-state index contributed by atoms with van der Waals surface area (Å²) >= 11 is 0. The summed E-state index contributed by atoms with van der Waals surface area (Å²) in [7, 11) is 3.82. The second kappa shape index (κ2) is 4.64. The van der Waals surface area contributed by atoms with Crippen molar-refractivity contribution < 1.29 is 5.11 Å². The highest BCUT2D eigenvalue weighted by molar-refractivity contribution is 5.81. The Morgan fingerprint density at radius 1 is 1.41 bits per heavy atom. The normalized spacial score (nSPS) is 13.4. The molecule has 0 radical (unpaired) electrons. The van der Waals surface area contributed by atoms with Crippen LogP contribution in [0.1, 0.15) is 0 Å². The summed E-state index contributed by atoms with van der Waals surface area (Å²) in [5.74, 6) is 0.357. The van der Waals surface area contributed by atoms with Crippen LogP contribution in [0.15, 0.2) is 12.7 Å². The van der Waals surface area contributed by atoms with Crippen LogP contribution in [0.4, 0.5) is 5.82 Å². The van der Waals surface area contributed by atoms with E-state index in [0.29, 0.717) is 30.1 Å². The number of hydrogen-bond donors (Lipinski definition) is 2. The summed E-state index contributed by atoms with van der Waals surface area (Å²) in [6.07, 6.45) is 2.54. The largest absolute Gasteiger partial charge is 0.390 e. The number of nitrogens with zero attached hydrogens (tertiary/aromatic N) is 5. The zero-order chi connectivity index (χ0) is 12.4. The van der Waals surface area contributed by atoms with Crippen molar-refractivity contribution in [1.82, 2.24) is 24.4 Å². The monoisotopic (exact) mass is 236 g/mol. The molecular weight excluding hydrogens is 220 g/mol. The Bertz CT molecular complexity index is 508. The molecule has 2 rings (SSSR count). The molecule has 0 spiro atoms. The van der Waals surface area contributed by atoms with Crippen LogP contribution in [0.5, 0.6) is 0 Å². The van der Waals surface area contributed by atoms with Gasteiger partial charge in [-0.05, 0) is 14.1 Å². The van der Waals surface area contributed by atoms with Crippen LogP contribution in [-0.2, 0) is 6.54 Å². The summed E-state index contributed by atoms with van der Waals surface area (Å²) < 4.78 is 1.78. The molecule has 2 aromatic rings. The third-order valence-corrected chi connectivity index (χ3v) is 2.41. The van der Waals surface area contributed by atoms with Gasteiger partial charge in [0.05, 0.1) is 19.0 Å². The Hall–Kier alpha value is -1.73. The Morgan fingerprint density at radius 3 is 2.88 bits per heavy atom. The minimum atomic E-state index is -0.474. The average Bonchev–Trinajstić information content (AvgIpc) is 2.62. The lowest BCUT2D eigenvalue weighted by Gasteiger charge is -2.16. The van der Waals surface area contributed by atoms with Gasteiger partial charge in [-0.25, -0.2) is 15.0 Å². The number of imidazole rings is 1. The average molecular weight is 236 g/mol. The fourth-order valence-electron chi connectivity index (χ4n) is 1.74. The lowest BCUT2D eigenvalue weighted by atomic mass is 10.3. The molecule has 0 saturated carbocycles. The van der Waals surface area contributed by atoms with Gasteiger partial charge in [0.1, 0.15) is 11.8 Å². The fourth-order valence-corrected chi connectivity index (χ4v) is 1.74. The first-order chi connectivity index (χ1) is 8.08. The summed E-state index contributed by atoms with van der Waals surface area (Å²) in [5, 5.41) is 9.86. The van der Waals surface area contributed by atoms with E-state index >= 15 is 0 Å². The van der Waals surface area contributed by atoms with Gasteiger partial charge in [0.15, 0.2) is 11.5 Å². The third-order valence-electron chi connectivity index (χ3n) is 2.41. The minimum absolute atomic E-state index is 0.357. The molecule has 0 aliphatic heterocycles. The Morgan fingerprint density at radius 2 is 2.18 bits per heavy atom. The van der Waals surface area contributed by atoms with Crippen LogP contribution in [0.25, 0.3) is 11.2 Å². The van der Waals surface area contributed by atoms with Crippen LogP contribution in [-0.4, -0.2) is 56.3 Å². The first-order valence-electron chi connectivity index (χ1n) is 5.32. The van der Waals surface area contributed by atoms with Crippen LogP contribution < -0.4 is 5.73 Å². The minimum Gasteiger partial charge on any atom is -0.390 e. The van der Waals surface area contributed by atoms with Crippen molar-refractivity contribution in [2.24, 2.45) is 0 Å². The van der Waals surface area contributed by atoms with Gasteiger partial charge in [-0.1, -0.05) is 0 Å². The molecular formula is C10H16N6O. The van der Waals surface area contributed by atoms with Crippen LogP contribution in [0, 0.1) is 0 Å². The lowest BCUT2D eigenvalue weighted by molar-refractivity contribution is 0.120. The highest BCUT2D eigenvalue weighted by Crippen LogP contribution is 2.14. The van der Waals surface area contributed by atoms with Crippen LogP contribution in [0.3, 0.4) is 0 Å². The van der Waals surface area contributed by atoms with Gasteiger partial charge >= 0.3 is 0 Å². The molecule has 2 aromatic heterocycles. The van der Waals surface area contributed by atoms with Crippen molar-refractivity contribution in [3.8, 4) is 0 Å². The molecule has 0 aliphatic carbocycles. The van der Waals surface area contributed by atoms with Crippen molar-refractivity contribution in [1.29, 1.82) is 0 Å². The molecule has 3 N–H and O–H groups in total. The molecule has 7 nitrogen and oxygen atoms in total. The molecule has 92 valence electrons. The van der Waals surface area contributed by atoms with Crippen molar-refractivity contribution >= 4 is 17.0 Å². The topological polar surface area (TPSA) is 93.1 Å². The van der Waals surface area contributed by atoms with Gasteiger partial charge in [-0.15, -0.1) is 0 Å². The first kappa shape index (κ1) is 11.7. The second-order valence-corrected chi connectivity index (χ2v) is 4.24. The van der Waals surface area contributed by atoms with E-state index in [2.05, 4.69) is 15.0 Å². The number of aromatic nitrogens is 4. The van der Waals surface area contributed by atoms with E-state index in [0.717, 1.165) is 0 Å². The smallest absolute Gasteiger partial charge is 0.165 e. The molecule has 0 saturated heterocycles. The van der Waals surface area contributed by atoms with E-state index in [-0.39, 0.29) is 0 Å². The van der Waals surface area contributed by atoms with E-state index < -0.39 is 6.10 Å². The molecule has 1 unspecified atom stereocenters. The van der Waals surface area contributed by atoms with E-state index in [9.17, 15) is 5.11 Å². The van der Waals surface area contributed by atoms with Crippen LogP contribution in [0.2, 0.25) is 0 Å². The molecule has 0 aliphatic rings. The number of likely N-dealkylation sites (N-methyl/N-ethyl adjacent to an activating group) is 1. The predicted molar refractivity (Wildman–Crippen MR) is 64.3 cm³/mol.